The number of hydrogen-bond acceptors (Lipinski definition) is 5. The zero-order valence-corrected chi connectivity index (χ0v) is 17.8. The molecule has 3 amide bonds. The molecule has 1 heterocycles. The lowest BCUT2D eigenvalue weighted by molar-refractivity contribution is 0.0924. The Balaban J connectivity index is 1.63. The molecule has 0 saturated heterocycles. The molecule has 0 fully saturated rings. The van der Waals surface area contributed by atoms with Crippen molar-refractivity contribution in [1.82, 2.24) is 0 Å². The fourth-order valence-electron chi connectivity index (χ4n) is 3.57. The van der Waals surface area contributed by atoms with Crippen molar-refractivity contribution in [3.8, 4) is 11.5 Å². The number of rotatable bonds is 7. The molecular formula is C25H22N2O5. The van der Waals surface area contributed by atoms with Crippen molar-refractivity contribution in [3.05, 3.63) is 83.4 Å². The second-order valence-electron chi connectivity index (χ2n) is 6.99. The Labute approximate surface area is 185 Å². The van der Waals surface area contributed by atoms with Gasteiger partial charge in [0.15, 0.2) is 0 Å². The summed E-state index contributed by atoms with van der Waals surface area (Å²) in [6.07, 6.45) is 0. The minimum Gasteiger partial charge on any atom is -0.492 e. The molecule has 0 bridgehead atoms. The third-order valence-electron chi connectivity index (χ3n) is 4.99. The van der Waals surface area contributed by atoms with Gasteiger partial charge < -0.3 is 14.8 Å². The molecule has 0 unspecified atom stereocenters. The van der Waals surface area contributed by atoms with Gasteiger partial charge in [0.25, 0.3) is 17.7 Å². The first-order valence-corrected chi connectivity index (χ1v) is 10.3. The summed E-state index contributed by atoms with van der Waals surface area (Å²) in [5, 5.41) is 2.80. The first-order valence-electron chi connectivity index (χ1n) is 10.3. The lowest BCUT2D eigenvalue weighted by Crippen LogP contribution is -2.29. The van der Waals surface area contributed by atoms with Gasteiger partial charge in [0.05, 0.1) is 35.7 Å². The SMILES string of the molecule is CCOc1ccccc1NC(=O)c1ccc2c(c1)C(=O)N(c1ccccc1OCC)C2=O. The van der Waals surface area contributed by atoms with Gasteiger partial charge in [-0.2, -0.15) is 0 Å². The normalized spacial score (nSPS) is 12.5. The van der Waals surface area contributed by atoms with Crippen LogP contribution in [0.15, 0.2) is 66.7 Å². The monoisotopic (exact) mass is 430 g/mol. The summed E-state index contributed by atoms with van der Waals surface area (Å²) in [5.74, 6) is -0.370. The molecule has 3 aromatic carbocycles. The summed E-state index contributed by atoms with van der Waals surface area (Å²) < 4.78 is 11.1. The maximum Gasteiger partial charge on any atom is 0.266 e. The lowest BCUT2D eigenvalue weighted by atomic mass is 10.1. The standard InChI is InChI=1S/C25H22N2O5/c1-3-31-21-11-7-5-9-19(21)26-23(28)16-13-14-17-18(15-16)25(30)27(24(17)29)20-10-6-8-12-22(20)32-4-2/h5-15H,3-4H2,1-2H3,(H,26,28). The summed E-state index contributed by atoms with van der Waals surface area (Å²) in [4.78, 5) is 40.1. The fourth-order valence-corrected chi connectivity index (χ4v) is 3.57. The van der Waals surface area contributed by atoms with Gasteiger partial charge in [-0.1, -0.05) is 24.3 Å². The van der Waals surface area contributed by atoms with Crippen molar-refractivity contribution in [2.24, 2.45) is 0 Å². The number of anilines is 2. The first kappa shape index (κ1) is 21.1. The molecule has 1 aliphatic rings. The Morgan fingerprint density at radius 3 is 2.19 bits per heavy atom. The molecule has 3 aromatic rings. The quantitative estimate of drug-likeness (QED) is 0.557. The van der Waals surface area contributed by atoms with E-state index >= 15 is 0 Å². The Bertz CT molecular complexity index is 1200. The molecule has 0 saturated carbocycles. The molecule has 1 aliphatic heterocycles. The van der Waals surface area contributed by atoms with Gasteiger partial charge in [-0.25, -0.2) is 4.90 Å². The average molecular weight is 430 g/mol. The Kier molecular flexibility index (Phi) is 5.89. The number of imide groups is 1. The second kappa shape index (κ2) is 8.93. The Morgan fingerprint density at radius 1 is 0.812 bits per heavy atom. The van der Waals surface area contributed by atoms with Crippen LogP contribution in [0.5, 0.6) is 11.5 Å². The van der Waals surface area contributed by atoms with E-state index in [0.29, 0.717) is 36.1 Å². The Hall–Kier alpha value is -4.13. The van der Waals surface area contributed by atoms with Crippen LogP contribution in [-0.2, 0) is 0 Å². The van der Waals surface area contributed by atoms with Crippen LogP contribution in [0.4, 0.5) is 11.4 Å². The number of carbonyl (C=O) groups excluding carboxylic acids is 3. The zero-order valence-electron chi connectivity index (χ0n) is 17.8. The summed E-state index contributed by atoms with van der Waals surface area (Å²) in [7, 11) is 0. The average Bonchev–Trinajstić information content (AvgIpc) is 3.05. The Morgan fingerprint density at radius 2 is 1.44 bits per heavy atom. The van der Waals surface area contributed by atoms with E-state index in [1.807, 2.05) is 19.9 Å². The number of amides is 3. The van der Waals surface area contributed by atoms with Gasteiger partial charge >= 0.3 is 0 Å². The molecule has 1 N–H and O–H groups in total. The molecule has 0 atom stereocenters. The molecule has 162 valence electrons. The van der Waals surface area contributed by atoms with E-state index in [1.165, 1.54) is 18.2 Å². The van der Waals surface area contributed by atoms with Gasteiger partial charge in [-0.3, -0.25) is 14.4 Å². The molecule has 0 spiro atoms. The van der Waals surface area contributed by atoms with Crippen molar-refractivity contribution in [2.45, 2.75) is 13.8 Å². The van der Waals surface area contributed by atoms with Gasteiger partial charge in [-0.15, -0.1) is 0 Å². The zero-order chi connectivity index (χ0) is 22.7. The van der Waals surface area contributed by atoms with E-state index in [4.69, 9.17) is 9.47 Å². The number of benzene rings is 3. The van der Waals surface area contributed by atoms with Crippen LogP contribution >= 0.6 is 0 Å². The number of nitrogens with zero attached hydrogens (tertiary/aromatic N) is 1. The van der Waals surface area contributed by atoms with E-state index in [-0.39, 0.29) is 16.7 Å². The minimum absolute atomic E-state index is 0.173. The molecular weight excluding hydrogens is 408 g/mol. The molecule has 7 nitrogen and oxygen atoms in total. The topological polar surface area (TPSA) is 84.9 Å². The van der Waals surface area contributed by atoms with Crippen LogP contribution in [0.2, 0.25) is 0 Å². The largest absolute Gasteiger partial charge is 0.492 e. The molecule has 7 heteroatoms. The van der Waals surface area contributed by atoms with Crippen LogP contribution in [0.25, 0.3) is 0 Å². The number of ether oxygens (including phenoxy) is 2. The highest BCUT2D eigenvalue weighted by Crippen LogP contribution is 2.35. The van der Waals surface area contributed by atoms with Crippen molar-refractivity contribution < 1.29 is 23.9 Å². The van der Waals surface area contributed by atoms with Crippen molar-refractivity contribution in [1.29, 1.82) is 0 Å². The van der Waals surface area contributed by atoms with E-state index in [2.05, 4.69) is 5.32 Å². The van der Waals surface area contributed by atoms with Crippen LogP contribution < -0.4 is 19.7 Å². The van der Waals surface area contributed by atoms with E-state index < -0.39 is 17.7 Å². The van der Waals surface area contributed by atoms with E-state index in [1.54, 1.807) is 42.5 Å². The summed E-state index contributed by atoms with van der Waals surface area (Å²) >= 11 is 0. The smallest absolute Gasteiger partial charge is 0.266 e. The van der Waals surface area contributed by atoms with Crippen LogP contribution in [0.1, 0.15) is 44.9 Å². The minimum atomic E-state index is -0.499. The van der Waals surface area contributed by atoms with Crippen LogP contribution in [0, 0.1) is 0 Å². The third-order valence-corrected chi connectivity index (χ3v) is 4.99. The summed E-state index contributed by atoms with van der Waals surface area (Å²) in [6.45, 7) is 4.54. The predicted octanol–water partition coefficient (Wildman–Crippen LogP) is 4.54. The molecule has 0 aliphatic carbocycles. The number of nitrogens with one attached hydrogen (secondary N) is 1. The van der Waals surface area contributed by atoms with E-state index in [0.717, 1.165) is 4.90 Å². The predicted molar refractivity (Wildman–Crippen MR) is 121 cm³/mol. The highest BCUT2D eigenvalue weighted by atomic mass is 16.5. The molecule has 0 radical (unpaired) electrons. The van der Waals surface area contributed by atoms with Crippen molar-refractivity contribution in [2.75, 3.05) is 23.4 Å². The van der Waals surface area contributed by atoms with Gasteiger partial charge in [-0.05, 0) is 56.3 Å². The molecule has 0 aromatic heterocycles. The van der Waals surface area contributed by atoms with Gasteiger partial charge in [0.1, 0.15) is 11.5 Å². The summed E-state index contributed by atoms with van der Waals surface area (Å²) in [6, 6.07) is 18.4. The number of hydrogen-bond donors (Lipinski definition) is 1. The maximum absolute atomic E-state index is 13.1. The number of fused-ring (bicyclic) bond motifs is 1. The molecule has 32 heavy (non-hydrogen) atoms. The van der Waals surface area contributed by atoms with E-state index in [9.17, 15) is 14.4 Å². The lowest BCUT2D eigenvalue weighted by Gasteiger charge is -2.17. The van der Waals surface area contributed by atoms with Gasteiger partial charge in [0, 0.05) is 5.56 Å². The fraction of sp³-hybridized carbons (Fsp3) is 0.160. The number of para-hydroxylation sites is 4. The maximum atomic E-state index is 13.1. The molecule has 4 rings (SSSR count). The highest BCUT2D eigenvalue weighted by molar-refractivity contribution is 6.35. The number of carbonyl (C=O) groups is 3. The first-order chi connectivity index (χ1) is 15.5. The second-order valence-corrected chi connectivity index (χ2v) is 6.99. The van der Waals surface area contributed by atoms with Gasteiger partial charge in [0.2, 0.25) is 0 Å². The van der Waals surface area contributed by atoms with Crippen molar-refractivity contribution >= 4 is 29.1 Å². The van der Waals surface area contributed by atoms with Crippen LogP contribution in [-0.4, -0.2) is 30.9 Å². The summed E-state index contributed by atoms with van der Waals surface area (Å²) in [5.41, 5.74) is 1.57. The third kappa shape index (κ3) is 3.80. The highest BCUT2D eigenvalue weighted by Gasteiger charge is 2.38. The van der Waals surface area contributed by atoms with Crippen molar-refractivity contribution in [3.63, 3.8) is 0 Å². The van der Waals surface area contributed by atoms with Crippen LogP contribution in [0.3, 0.4) is 0 Å².